The topological polar surface area (TPSA) is 104 Å². The Morgan fingerprint density at radius 2 is 2.06 bits per heavy atom. The lowest BCUT2D eigenvalue weighted by Gasteiger charge is -2.27. The molecule has 0 saturated carbocycles. The lowest BCUT2D eigenvalue weighted by Crippen LogP contribution is -2.31. The number of aromatic nitrogens is 2. The molecule has 0 radical (unpaired) electrons. The van der Waals surface area contributed by atoms with Crippen molar-refractivity contribution in [3.63, 3.8) is 0 Å². The first-order chi connectivity index (χ1) is 16.6. The summed E-state index contributed by atoms with van der Waals surface area (Å²) in [4.78, 5) is 30.6. The second kappa shape index (κ2) is 11.4. The zero-order valence-electron chi connectivity index (χ0n) is 22.1. The van der Waals surface area contributed by atoms with Gasteiger partial charge in [0.15, 0.2) is 5.69 Å². The van der Waals surface area contributed by atoms with Crippen LogP contribution in [-0.2, 0) is 25.5 Å². The third-order valence-corrected chi connectivity index (χ3v) is 6.76. The van der Waals surface area contributed by atoms with Crippen molar-refractivity contribution in [2.75, 3.05) is 31.5 Å². The molecule has 0 spiro atoms. The molecule has 194 valence electrons. The summed E-state index contributed by atoms with van der Waals surface area (Å²) in [5.74, 6) is -0.879. The number of hydrogen-bond acceptors (Lipinski definition) is 7. The Morgan fingerprint density at radius 3 is 2.66 bits per heavy atom. The molecule has 1 aliphatic rings. The number of carbonyl (C=O) groups is 2. The van der Waals surface area contributed by atoms with Gasteiger partial charge in [-0.25, -0.2) is 9.78 Å². The highest BCUT2D eigenvalue weighted by molar-refractivity contribution is 6.11. The summed E-state index contributed by atoms with van der Waals surface area (Å²) in [6.45, 7) is 11.2. The zero-order valence-corrected chi connectivity index (χ0v) is 22.1. The molecule has 3 unspecified atom stereocenters. The summed E-state index contributed by atoms with van der Waals surface area (Å²) in [7, 11) is 3.05. The van der Waals surface area contributed by atoms with Crippen LogP contribution in [0.15, 0.2) is 12.3 Å². The van der Waals surface area contributed by atoms with Crippen molar-refractivity contribution in [3.05, 3.63) is 18.0 Å². The van der Waals surface area contributed by atoms with E-state index in [-0.39, 0.29) is 35.3 Å². The van der Waals surface area contributed by atoms with Crippen LogP contribution in [0.4, 0.5) is 11.4 Å². The normalized spacial score (nSPS) is 17.9. The summed E-state index contributed by atoms with van der Waals surface area (Å²) in [6, 6.07) is 2.04. The Bertz CT molecular complexity index is 1040. The smallest absolute Gasteiger partial charge is 0.356 e. The van der Waals surface area contributed by atoms with Gasteiger partial charge in [-0.1, -0.05) is 13.8 Å². The predicted molar refractivity (Wildman–Crippen MR) is 137 cm³/mol. The molecule has 2 N–H and O–H groups in total. The Labute approximate surface area is 207 Å². The number of carbonyl (C=O) groups excluding carboxylic acids is 2. The van der Waals surface area contributed by atoms with Crippen LogP contribution in [0.1, 0.15) is 70.8 Å². The van der Waals surface area contributed by atoms with Gasteiger partial charge < -0.3 is 29.4 Å². The molecule has 1 saturated heterocycles. The van der Waals surface area contributed by atoms with Gasteiger partial charge in [-0.05, 0) is 52.5 Å². The molecular weight excluding hydrogens is 448 g/mol. The SMILES string of the molecule is CCC(C)C(=O)Nc1c(C(=O)OC)n(CC2CCCO2)c2ncc(NC(C)CC(C)(C)OC)cc12. The molecule has 1 aliphatic heterocycles. The highest BCUT2D eigenvalue weighted by Crippen LogP contribution is 2.34. The van der Waals surface area contributed by atoms with E-state index in [1.165, 1.54) is 7.11 Å². The number of esters is 1. The molecule has 2 aromatic rings. The van der Waals surface area contributed by atoms with Gasteiger partial charge in [-0.3, -0.25) is 4.79 Å². The number of ether oxygens (including phenoxy) is 3. The fourth-order valence-corrected chi connectivity index (χ4v) is 4.50. The minimum atomic E-state index is -0.523. The van der Waals surface area contributed by atoms with Crippen molar-refractivity contribution in [1.82, 2.24) is 9.55 Å². The summed E-state index contributed by atoms with van der Waals surface area (Å²) >= 11 is 0. The minimum Gasteiger partial charge on any atom is -0.464 e. The second-order valence-electron chi connectivity index (χ2n) is 10.1. The van der Waals surface area contributed by atoms with Crippen LogP contribution in [0, 0.1) is 5.92 Å². The number of rotatable bonds is 11. The summed E-state index contributed by atoms with van der Waals surface area (Å²) < 4.78 is 18.4. The maximum Gasteiger partial charge on any atom is 0.356 e. The van der Waals surface area contributed by atoms with Crippen LogP contribution >= 0.6 is 0 Å². The Kier molecular flexibility index (Phi) is 8.77. The van der Waals surface area contributed by atoms with Crippen molar-refractivity contribution in [2.24, 2.45) is 5.92 Å². The maximum atomic E-state index is 13.0. The molecule has 2 aromatic heterocycles. The third-order valence-electron chi connectivity index (χ3n) is 6.76. The lowest BCUT2D eigenvalue weighted by atomic mass is 10.00. The number of fused-ring (bicyclic) bond motifs is 1. The average Bonchev–Trinajstić information content (AvgIpc) is 3.44. The Hall–Kier alpha value is -2.65. The van der Waals surface area contributed by atoms with Gasteiger partial charge in [0.05, 0.1) is 42.9 Å². The number of hydrogen-bond donors (Lipinski definition) is 2. The standard InChI is InChI=1S/C26H40N4O5/c1-8-16(2)24(31)29-21-20-12-18(28-17(3)13-26(4,5)34-7)14-27-23(20)30(22(21)25(32)33-6)15-19-10-9-11-35-19/h12,14,16-17,19,28H,8-11,13,15H2,1-7H3,(H,29,31). The van der Waals surface area contributed by atoms with Crippen molar-refractivity contribution < 1.29 is 23.8 Å². The minimum absolute atomic E-state index is 0.0250. The van der Waals surface area contributed by atoms with E-state index in [4.69, 9.17) is 19.2 Å². The van der Waals surface area contributed by atoms with E-state index in [2.05, 4.69) is 17.6 Å². The van der Waals surface area contributed by atoms with Crippen molar-refractivity contribution in [1.29, 1.82) is 0 Å². The molecule has 0 aromatic carbocycles. The number of pyridine rings is 1. The molecule has 3 heterocycles. The van der Waals surface area contributed by atoms with Crippen LogP contribution in [0.25, 0.3) is 11.0 Å². The first-order valence-electron chi connectivity index (χ1n) is 12.4. The zero-order chi connectivity index (χ0) is 25.8. The van der Waals surface area contributed by atoms with Crippen LogP contribution in [-0.4, -0.2) is 60.0 Å². The predicted octanol–water partition coefficient (Wildman–Crippen LogP) is 4.60. The molecule has 0 bridgehead atoms. The van der Waals surface area contributed by atoms with E-state index in [0.717, 1.165) is 24.9 Å². The highest BCUT2D eigenvalue weighted by atomic mass is 16.5. The first kappa shape index (κ1) is 26.9. The largest absolute Gasteiger partial charge is 0.464 e. The summed E-state index contributed by atoms with van der Waals surface area (Å²) in [5.41, 5.74) is 1.84. The lowest BCUT2D eigenvalue weighted by molar-refractivity contribution is -0.119. The third kappa shape index (κ3) is 6.32. The van der Waals surface area contributed by atoms with Crippen LogP contribution in [0.5, 0.6) is 0 Å². The molecule has 0 aliphatic carbocycles. The van der Waals surface area contributed by atoms with Crippen molar-refractivity contribution >= 4 is 34.3 Å². The van der Waals surface area contributed by atoms with E-state index in [1.54, 1.807) is 13.3 Å². The van der Waals surface area contributed by atoms with Gasteiger partial charge in [0.25, 0.3) is 0 Å². The average molecular weight is 489 g/mol. The van der Waals surface area contributed by atoms with E-state index < -0.39 is 5.97 Å². The van der Waals surface area contributed by atoms with Crippen molar-refractivity contribution in [3.8, 4) is 0 Å². The van der Waals surface area contributed by atoms with Crippen LogP contribution < -0.4 is 10.6 Å². The fraction of sp³-hybridized carbons (Fsp3) is 0.654. The highest BCUT2D eigenvalue weighted by Gasteiger charge is 2.29. The molecular formula is C26H40N4O5. The summed E-state index contributed by atoms with van der Waals surface area (Å²) in [6.07, 6.45) is 5.08. The molecule has 9 heteroatoms. The van der Waals surface area contributed by atoms with Gasteiger partial charge in [-0.2, -0.15) is 0 Å². The molecule has 35 heavy (non-hydrogen) atoms. The van der Waals surface area contributed by atoms with E-state index >= 15 is 0 Å². The van der Waals surface area contributed by atoms with Gasteiger partial charge in [0, 0.05) is 31.1 Å². The summed E-state index contributed by atoms with van der Waals surface area (Å²) in [5, 5.41) is 7.17. The molecule has 3 atom stereocenters. The second-order valence-corrected chi connectivity index (χ2v) is 10.1. The van der Waals surface area contributed by atoms with Crippen LogP contribution in [0.2, 0.25) is 0 Å². The van der Waals surface area contributed by atoms with Gasteiger partial charge >= 0.3 is 5.97 Å². The van der Waals surface area contributed by atoms with E-state index in [0.29, 0.717) is 36.3 Å². The van der Waals surface area contributed by atoms with Gasteiger partial charge in [0.1, 0.15) is 5.65 Å². The van der Waals surface area contributed by atoms with Crippen molar-refractivity contribution in [2.45, 2.75) is 84.6 Å². The van der Waals surface area contributed by atoms with Crippen LogP contribution in [0.3, 0.4) is 0 Å². The molecule has 1 amide bonds. The number of anilines is 2. The Morgan fingerprint density at radius 1 is 1.31 bits per heavy atom. The maximum absolute atomic E-state index is 13.0. The molecule has 3 rings (SSSR count). The quantitative estimate of drug-likeness (QED) is 0.446. The number of nitrogens with zero attached hydrogens (tertiary/aromatic N) is 2. The monoisotopic (exact) mass is 488 g/mol. The first-order valence-corrected chi connectivity index (χ1v) is 12.4. The number of amides is 1. The fourth-order valence-electron chi connectivity index (χ4n) is 4.50. The van der Waals surface area contributed by atoms with E-state index in [1.807, 2.05) is 38.3 Å². The molecule has 9 nitrogen and oxygen atoms in total. The van der Waals surface area contributed by atoms with Gasteiger partial charge in [0.2, 0.25) is 5.91 Å². The number of nitrogens with one attached hydrogen (secondary N) is 2. The van der Waals surface area contributed by atoms with Gasteiger partial charge in [-0.15, -0.1) is 0 Å². The molecule has 1 fully saturated rings. The number of methoxy groups -OCH3 is 2. The van der Waals surface area contributed by atoms with E-state index in [9.17, 15) is 9.59 Å². The Balaban J connectivity index is 2.08.